The highest BCUT2D eigenvalue weighted by Crippen LogP contribution is 2.14. The molecule has 0 fully saturated rings. The van der Waals surface area contributed by atoms with Gasteiger partial charge in [-0.1, -0.05) is 34.6 Å². The predicted molar refractivity (Wildman–Crippen MR) is 82.7 cm³/mol. The molecule has 0 aromatic carbocycles. The van der Waals surface area contributed by atoms with Crippen LogP contribution >= 0.6 is 0 Å². The molecule has 19 heavy (non-hydrogen) atoms. The van der Waals surface area contributed by atoms with E-state index in [-0.39, 0.29) is 0 Å². The van der Waals surface area contributed by atoms with Gasteiger partial charge in [0.25, 0.3) is 0 Å². The molecule has 0 saturated carbocycles. The van der Waals surface area contributed by atoms with Gasteiger partial charge >= 0.3 is 0 Å². The average molecular weight is 264 g/mol. The van der Waals surface area contributed by atoms with Gasteiger partial charge in [-0.05, 0) is 18.3 Å². The molecule has 1 rings (SSSR count). The lowest BCUT2D eigenvalue weighted by Gasteiger charge is -2.17. The van der Waals surface area contributed by atoms with Crippen LogP contribution in [0.1, 0.15) is 46.9 Å². The number of aryl methyl sites for hydroxylation is 1. The second-order valence-electron chi connectivity index (χ2n) is 5.44. The molecule has 0 aliphatic rings. The van der Waals surface area contributed by atoms with Crippen molar-refractivity contribution in [3.8, 4) is 0 Å². The smallest absolute Gasteiger partial charge is 0.132 e. The normalized spacial score (nSPS) is 12.5. The first-order chi connectivity index (χ1) is 9.06. The first-order valence-corrected chi connectivity index (χ1v) is 7.42. The molecular weight excluding hydrogens is 236 g/mol. The Balaban J connectivity index is 2.70. The maximum Gasteiger partial charge on any atom is 0.132 e. The molecule has 0 saturated heterocycles. The number of anilines is 2. The van der Waals surface area contributed by atoms with E-state index in [2.05, 4.69) is 55.2 Å². The summed E-state index contributed by atoms with van der Waals surface area (Å²) in [6.07, 6.45) is 1.95. The number of nitrogens with one attached hydrogen (secondary N) is 2. The molecule has 1 aromatic rings. The minimum Gasteiger partial charge on any atom is -0.370 e. The van der Waals surface area contributed by atoms with Crippen LogP contribution < -0.4 is 10.6 Å². The summed E-state index contributed by atoms with van der Waals surface area (Å²) >= 11 is 0. The Morgan fingerprint density at radius 3 is 2.21 bits per heavy atom. The minimum absolute atomic E-state index is 0.632. The summed E-state index contributed by atoms with van der Waals surface area (Å²) in [5.41, 5.74) is 0. The van der Waals surface area contributed by atoms with Crippen LogP contribution in [0.4, 0.5) is 11.6 Å². The quantitative estimate of drug-likeness (QED) is 0.753. The zero-order valence-corrected chi connectivity index (χ0v) is 13.0. The van der Waals surface area contributed by atoms with Gasteiger partial charge in [-0.2, -0.15) is 0 Å². The zero-order chi connectivity index (χ0) is 14.3. The topological polar surface area (TPSA) is 49.8 Å². The molecule has 2 N–H and O–H groups in total. The average Bonchev–Trinajstić information content (AvgIpc) is 2.42. The van der Waals surface area contributed by atoms with Crippen molar-refractivity contribution in [1.29, 1.82) is 0 Å². The van der Waals surface area contributed by atoms with Gasteiger partial charge in [-0.25, -0.2) is 9.97 Å². The summed E-state index contributed by atoms with van der Waals surface area (Å²) < 4.78 is 0. The highest BCUT2D eigenvalue weighted by atomic mass is 15.1. The van der Waals surface area contributed by atoms with Crippen molar-refractivity contribution in [2.45, 2.75) is 47.5 Å². The van der Waals surface area contributed by atoms with E-state index < -0.39 is 0 Å². The molecule has 1 unspecified atom stereocenters. The van der Waals surface area contributed by atoms with Crippen LogP contribution in [0.2, 0.25) is 0 Å². The Kier molecular flexibility index (Phi) is 6.60. The van der Waals surface area contributed by atoms with Gasteiger partial charge in [0.05, 0.1) is 0 Å². The largest absolute Gasteiger partial charge is 0.370 e. The van der Waals surface area contributed by atoms with Crippen LogP contribution in [0.3, 0.4) is 0 Å². The lowest BCUT2D eigenvalue weighted by molar-refractivity contribution is 0.439. The molecular formula is C15H28N4. The monoisotopic (exact) mass is 264 g/mol. The molecule has 1 atom stereocenters. The van der Waals surface area contributed by atoms with Crippen molar-refractivity contribution >= 4 is 11.6 Å². The van der Waals surface area contributed by atoms with Crippen LogP contribution in [0, 0.1) is 11.8 Å². The van der Waals surface area contributed by atoms with Gasteiger partial charge in [0.15, 0.2) is 0 Å². The van der Waals surface area contributed by atoms with Crippen LogP contribution in [-0.2, 0) is 6.42 Å². The summed E-state index contributed by atoms with van der Waals surface area (Å²) in [6.45, 7) is 12.9. The molecule has 108 valence electrons. The summed E-state index contributed by atoms with van der Waals surface area (Å²) in [5, 5.41) is 6.75. The summed E-state index contributed by atoms with van der Waals surface area (Å²) in [7, 11) is 0. The molecule has 4 heteroatoms. The number of nitrogens with zero attached hydrogens (tertiary/aromatic N) is 2. The van der Waals surface area contributed by atoms with Gasteiger partial charge < -0.3 is 10.6 Å². The van der Waals surface area contributed by atoms with Crippen molar-refractivity contribution in [2.75, 3.05) is 23.7 Å². The summed E-state index contributed by atoms with van der Waals surface area (Å²) in [6, 6.07) is 2.00. The third kappa shape index (κ3) is 5.45. The Bertz CT molecular complexity index is 376. The van der Waals surface area contributed by atoms with Gasteiger partial charge in [0, 0.05) is 25.6 Å². The van der Waals surface area contributed by atoms with Crippen LogP contribution in [0.15, 0.2) is 6.07 Å². The highest BCUT2D eigenvalue weighted by molar-refractivity contribution is 5.47. The number of hydrogen-bond acceptors (Lipinski definition) is 4. The van der Waals surface area contributed by atoms with Crippen molar-refractivity contribution < 1.29 is 0 Å². The molecule has 1 heterocycles. The zero-order valence-electron chi connectivity index (χ0n) is 13.0. The number of rotatable bonds is 8. The fraction of sp³-hybridized carbons (Fsp3) is 0.733. The standard InChI is InChI=1S/C15H28N4/c1-6-8-16-14-9-15(19-13(7-2)18-14)17-10-12(5)11(3)4/h9,11-12H,6-8,10H2,1-5H3,(H2,16,17,18,19). The van der Waals surface area contributed by atoms with E-state index in [1.54, 1.807) is 0 Å². The molecule has 0 amide bonds. The Hall–Kier alpha value is -1.32. The van der Waals surface area contributed by atoms with E-state index in [4.69, 9.17) is 0 Å². The molecule has 0 radical (unpaired) electrons. The van der Waals surface area contributed by atoms with Crippen molar-refractivity contribution in [3.05, 3.63) is 11.9 Å². The molecule has 4 nitrogen and oxygen atoms in total. The lowest BCUT2D eigenvalue weighted by atomic mass is 9.98. The van der Waals surface area contributed by atoms with E-state index in [1.807, 2.05) is 6.07 Å². The van der Waals surface area contributed by atoms with Crippen LogP contribution in [0.25, 0.3) is 0 Å². The van der Waals surface area contributed by atoms with Gasteiger partial charge in [0.2, 0.25) is 0 Å². The first-order valence-electron chi connectivity index (χ1n) is 7.42. The highest BCUT2D eigenvalue weighted by Gasteiger charge is 2.08. The maximum atomic E-state index is 4.53. The molecule has 0 aliphatic carbocycles. The Morgan fingerprint density at radius 1 is 1.05 bits per heavy atom. The number of hydrogen-bond donors (Lipinski definition) is 2. The lowest BCUT2D eigenvalue weighted by Crippen LogP contribution is -2.17. The predicted octanol–water partition coefficient (Wildman–Crippen LogP) is 3.56. The van der Waals surface area contributed by atoms with Gasteiger partial charge in [0.1, 0.15) is 17.5 Å². The van der Waals surface area contributed by atoms with E-state index in [0.717, 1.165) is 43.4 Å². The third-order valence-corrected chi connectivity index (χ3v) is 3.39. The fourth-order valence-corrected chi connectivity index (χ4v) is 1.59. The van der Waals surface area contributed by atoms with Crippen molar-refractivity contribution in [2.24, 2.45) is 11.8 Å². The van der Waals surface area contributed by atoms with Gasteiger partial charge in [-0.3, -0.25) is 0 Å². The van der Waals surface area contributed by atoms with Crippen LogP contribution in [0.5, 0.6) is 0 Å². The molecule has 0 aliphatic heterocycles. The SMILES string of the molecule is CCCNc1cc(NCC(C)C(C)C)nc(CC)n1. The second kappa shape index (κ2) is 7.97. The van der Waals surface area contributed by atoms with Crippen LogP contribution in [-0.4, -0.2) is 23.1 Å². The first kappa shape index (κ1) is 15.7. The molecule has 0 spiro atoms. The minimum atomic E-state index is 0.632. The van der Waals surface area contributed by atoms with E-state index in [9.17, 15) is 0 Å². The van der Waals surface area contributed by atoms with Crippen molar-refractivity contribution in [3.63, 3.8) is 0 Å². The summed E-state index contributed by atoms with van der Waals surface area (Å²) in [5.74, 6) is 4.05. The Morgan fingerprint density at radius 2 is 1.68 bits per heavy atom. The number of aromatic nitrogens is 2. The van der Waals surface area contributed by atoms with E-state index >= 15 is 0 Å². The maximum absolute atomic E-state index is 4.53. The van der Waals surface area contributed by atoms with E-state index in [0.29, 0.717) is 11.8 Å². The molecule has 1 aromatic heterocycles. The van der Waals surface area contributed by atoms with Gasteiger partial charge in [-0.15, -0.1) is 0 Å². The summed E-state index contributed by atoms with van der Waals surface area (Å²) in [4.78, 5) is 9.02. The Labute approximate surface area is 117 Å². The third-order valence-electron chi connectivity index (χ3n) is 3.39. The molecule has 0 bridgehead atoms. The van der Waals surface area contributed by atoms with E-state index in [1.165, 1.54) is 0 Å². The van der Waals surface area contributed by atoms with Crippen molar-refractivity contribution in [1.82, 2.24) is 9.97 Å². The second-order valence-corrected chi connectivity index (χ2v) is 5.44. The fourth-order valence-electron chi connectivity index (χ4n) is 1.59.